The molecule has 0 aliphatic rings. The van der Waals surface area contributed by atoms with Crippen LogP contribution in [0.3, 0.4) is 0 Å². The summed E-state index contributed by atoms with van der Waals surface area (Å²) in [7, 11) is 0. The quantitative estimate of drug-likeness (QED) is 0.0603. The molecule has 0 aromatic rings. The van der Waals surface area contributed by atoms with Gasteiger partial charge in [-0.3, -0.25) is 19.2 Å². The van der Waals surface area contributed by atoms with Crippen LogP contribution in [0.25, 0.3) is 0 Å². The normalized spacial score (nSPS) is 10.2. The summed E-state index contributed by atoms with van der Waals surface area (Å²) in [6, 6.07) is 0. The molecule has 0 saturated heterocycles. The molecule has 0 spiro atoms. The van der Waals surface area contributed by atoms with Gasteiger partial charge in [-0.1, -0.05) is 118 Å². The van der Waals surface area contributed by atoms with Crippen molar-refractivity contribution < 1.29 is 49.8 Å². The molecule has 0 aromatic carbocycles. The zero-order valence-corrected chi connectivity index (χ0v) is 28.2. The fourth-order valence-corrected chi connectivity index (χ4v) is 3.17. The lowest BCUT2D eigenvalue weighted by atomic mass is 10.1. The summed E-state index contributed by atoms with van der Waals surface area (Å²) in [5.41, 5.74) is 0. The molecule has 0 fully saturated rings. The van der Waals surface area contributed by atoms with Gasteiger partial charge in [-0.05, 0) is 32.6 Å². The third-order valence-electron chi connectivity index (χ3n) is 5.74. The van der Waals surface area contributed by atoms with Crippen molar-refractivity contribution in [3.8, 4) is 0 Å². The first kappa shape index (κ1) is 50.4. The van der Waals surface area contributed by atoms with Crippen molar-refractivity contribution in [2.75, 3.05) is 6.61 Å². The molecule has 43 heavy (non-hydrogen) atoms. The van der Waals surface area contributed by atoms with Gasteiger partial charge in [0.25, 0.3) is 0 Å². The van der Waals surface area contributed by atoms with Gasteiger partial charge < -0.3 is 30.6 Å². The molecule has 1 atom stereocenters. The molecule has 0 aliphatic heterocycles. The van der Waals surface area contributed by atoms with Crippen LogP contribution in [0.2, 0.25) is 0 Å². The standard InChI is InChI=1S/2C8H16O2.2C7H14O2.C3H8O2/c2*1-2-3-4-5-6-7-8(9)10;2*1-2-3-4-5-6-7(8)9;1-3(5)2-4/h2*2-7H2,1H3,(H,9,10);2*2-6H2,1H3,(H,8,9);3-5H,2H2,1H3. The number of hydrogen-bond acceptors (Lipinski definition) is 6. The van der Waals surface area contributed by atoms with Gasteiger partial charge in [-0.15, -0.1) is 0 Å². The van der Waals surface area contributed by atoms with Crippen LogP contribution in [-0.4, -0.2) is 67.2 Å². The van der Waals surface area contributed by atoms with Crippen molar-refractivity contribution >= 4 is 23.9 Å². The molecule has 10 heteroatoms. The van der Waals surface area contributed by atoms with Crippen LogP contribution in [0.5, 0.6) is 0 Å². The molecule has 0 radical (unpaired) electrons. The van der Waals surface area contributed by atoms with Gasteiger partial charge >= 0.3 is 23.9 Å². The van der Waals surface area contributed by atoms with Gasteiger partial charge in [-0.25, -0.2) is 0 Å². The van der Waals surface area contributed by atoms with E-state index in [1.54, 1.807) is 0 Å². The molecule has 6 N–H and O–H groups in total. The Bertz CT molecular complexity index is 534. The number of rotatable bonds is 23. The maximum Gasteiger partial charge on any atom is 0.303 e. The molecule has 0 aromatic heterocycles. The number of aliphatic hydroxyl groups excluding tert-OH is 2. The first-order valence-electron chi connectivity index (χ1n) is 16.5. The SMILES string of the molecule is CC(O)CO.CCCCCCC(=O)O.CCCCCCC(=O)O.CCCCCCCC(=O)O.CCCCCCCC(=O)O. The third kappa shape index (κ3) is 85.4. The highest BCUT2D eigenvalue weighted by atomic mass is 16.4. The summed E-state index contributed by atoms with van der Waals surface area (Å²) in [5.74, 6) is -2.69. The predicted molar refractivity (Wildman–Crippen MR) is 174 cm³/mol. The van der Waals surface area contributed by atoms with Crippen LogP contribution >= 0.6 is 0 Å². The minimum atomic E-state index is -0.675. The second kappa shape index (κ2) is 46.7. The fraction of sp³-hybridized carbons (Fsp3) is 0.879. The largest absolute Gasteiger partial charge is 0.481 e. The van der Waals surface area contributed by atoms with E-state index in [2.05, 4.69) is 27.7 Å². The Morgan fingerprint density at radius 2 is 0.581 bits per heavy atom. The zero-order valence-electron chi connectivity index (χ0n) is 28.2. The minimum absolute atomic E-state index is 0.139. The number of hydrogen-bond donors (Lipinski definition) is 6. The number of carbonyl (C=O) groups is 4. The first-order chi connectivity index (χ1) is 20.4. The monoisotopic (exact) mass is 624 g/mol. The number of carboxylic acids is 4. The highest BCUT2D eigenvalue weighted by Crippen LogP contribution is 2.05. The van der Waals surface area contributed by atoms with E-state index in [9.17, 15) is 19.2 Å². The third-order valence-corrected chi connectivity index (χ3v) is 5.74. The molecule has 0 saturated carbocycles. The number of carboxylic acid groups (broad SMARTS) is 4. The molecule has 0 bridgehead atoms. The van der Waals surface area contributed by atoms with Gasteiger partial charge in [0.15, 0.2) is 0 Å². The topological polar surface area (TPSA) is 190 Å². The Labute approximate surface area is 262 Å². The highest BCUT2D eigenvalue weighted by Gasteiger charge is 1.96. The van der Waals surface area contributed by atoms with Gasteiger partial charge in [0, 0.05) is 25.7 Å². The van der Waals surface area contributed by atoms with Gasteiger partial charge in [0.1, 0.15) is 0 Å². The second-order valence-electron chi connectivity index (χ2n) is 10.6. The number of aliphatic carboxylic acids is 4. The van der Waals surface area contributed by atoms with E-state index in [0.29, 0.717) is 25.7 Å². The Morgan fingerprint density at radius 3 is 0.721 bits per heavy atom. The molecule has 0 heterocycles. The maximum atomic E-state index is 10.0. The Hall–Kier alpha value is -2.20. The molecule has 0 aliphatic carbocycles. The van der Waals surface area contributed by atoms with Crippen LogP contribution in [-0.2, 0) is 19.2 Å². The summed E-state index contributed by atoms with van der Waals surface area (Å²) in [5, 5.41) is 49.0. The summed E-state index contributed by atoms with van der Waals surface area (Å²) in [6.07, 6.45) is 20.3. The minimum Gasteiger partial charge on any atom is -0.481 e. The van der Waals surface area contributed by atoms with Gasteiger partial charge in [0.2, 0.25) is 0 Å². The summed E-state index contributed by atoms with van der Waals surface area (Å²) in [6.45, 7) is 9.91. The lowest BCUT2D eigenvalue weighted by Gasteiger charge is -1.95. The number of aliphatic hydroxyl groups is 2. The maximum absolute atomic E-state index is 10.0. The van der Waals surface area contributed by atoms with Crippen molar-refractivity contribution in [3.63, 3.8) is 0 Å². The van der Waals surface area contributed by atoms with E-state index < -0.39 is 30.0 Å². The van der Waals surface area contributed by atoms with Crippen LogP contribution in [0.1, 0.15) is 176 Å². The lowest BCUT2D eigenvalue weighted by molar-refractivity contribution is -0.138. The van der Waals surface area contributed by atoms with Crippen LogP contribution in [0.4, 0.5) is 0 Å². The molecule has 10 nitrogen and oxygen atoms in total. The van der Waals surface area contributed by atoms with E-state index in [0.717, 1.165) is 64.2 Å². The van der Waals surface area contributed by atoms with Crippen LogP contribution < -0.4 is 0 Å². The number of unbranched alkanes of at least 4 members (excludes halogenated alkanes) is 14. The van der Waals surface area contributed by atoms with E-state index in [1.165, 1.54) is 58.3 Å². The summed E-state index contributed by atoms with van der Waals surface area (Å²) in [4.78, 5) is 40.0. The zero-order chi connectivity index (χ0) is 34.2. The van der Waals surface area contributed by atoms with Crippen molar-refractivity contribution in [1.29, 1.82) is 0 Å². The predicted octanol–water partition coefficient (Wildman–Crippen LogP) is 8.31. The first-order valence-corrected chi connectivity index (χ1v) is 16.5. The van der Waals surface area contributed by atoms with Crippen molar-refractivity contribution in [1.82, 2.24) is 0 Å². The fourth-order valence-electron chi connectivity index (χ4n) is 3.17. The van der Waals surface area contributed by atoms with Crippen molar-refractivity contribution in [2.45, 2.75) is 182 Å². The van der Waals surface area contributed by atoms with E-state index in [-0.39, 0.29) is 6.61 Å². The van der Waals surface area contributed by atoms with E-state index in [1.807, 2.05) is 0 Å². The molecule has 260 valence electrons. The molecule has 0 amide bonds. The summed E-state index contributed by atoms with van der Waals surface area (Å²) < 4.78 is 0. The van der Waals surface area contributed by atoms with E-state index in [4.69, 9.17) is 30.6 Å². The Morgan fingerprint density at radius 1 is 0.419 bits per heavy atom. The average Bonchev–Trinajstić information content (AvgIpc) is 2.94. The second-order valence-corrected chi connectivity index (χ2v) is 10.6. The summed E-state index contributed by atoms with van der Waals surface area (Å²) >= 11 is 0. The van der Waals surface area contributed by atoms with Crippen LogP contribution in [0.15, 0.2) is 0 Å². The molecular formula is C33H68O10. The van der Waals surface area contributed by atoms with Crippen molar-refractivity contribution in [3.05, 3.63) is 0 Å². The molecule has 0 rings (SSSR count). The average molecular weight is 625 g/mol. The smallest absolute Gasteiger partial charge is 0.303 e. The van der Waals surface area contributed by atoms with Gasteiger partial charge in [0.05, 0.1) is 12.7 Å². The Kier molecular flexibility index (Phi) is 54.8. The van der Waals surface area contributed by atoms with Crippen LogP contribution in [0, 0.1) is 0 Å². The lowest BCUT2D eigenvalue weighted by Crippen LogP contribution is -2.03. The highest BCUT2D eigenvalue weighted by molar-refractivity contribution is 5.67. The van der Waals surface area contributed by atoms with Crippen molar-refractivity contribution in [2.24, 2.45) is 0 Å². The van der Waals surface area contributed by atoms with Gasteiger partial charge in [-0.2, -0.15) is 0 Å². The van der Waals surface area contributed by atoms with E-state index >= 15 is 0 Å². The molecule has 1 unspecified atom stereocenters. The molecular weight excluding hydrogens is 556 g/mol. The Balaban J connectivity index is -0.000000142.